The highest BCUT2D eigenvalue weighted by Gasteiger charge is 1.94. The van der Waals surface area contributed by atoms with E-state index in [0.29, 0.717) is 6.61 Å². The van der Waals surface area contributed by atoms with E-state index in [1.807, 2.05) is 12.1 Å². The van der Waals surface area contributed by atoms with Crippen molar-refractivity contribution in [2.24, 2.45) is 5.90 Å². The number of pyridine rings is 1. The first-order valence-corrected chi connectivity index (χ1v) is 3.67. The van der Waals surface area contributed by atoms with Gasteiger partial charge in [0.15, 0.2) is 0 Å². The van der Waals surface area contributed by atoms with Crippen molar-refractivity contribution in [3.63, 3.8) is 0 Å². The van der Waals surface area contributed by atoms with Crippen LogP contribution in [0.5, 0.6) is 5.75 Å². The second kappa shape index (κ2) is 4.69. The van der Waals surface area contributed by atoms with Crippen LogP contribution in [0.1, 0.15) is 5.69 Å². The molecule has 66 valence electrons. The molecule has 4 heteroatoms. The van der Waals surface area contributed by atoms with E-state index in [2.05, 4.69) is 9.82 Å². The highest BCUT2D eigenvalue weighted by molar-refractivity contribution is 5.19. The molecule has 1 aromatic rings. The molecule has 0 saturated carbocycles. The molecule has 1 heterocycles. The molecule has 0 aliphatic rings. The van der Waals surface area contributed by atoms with Crippen LogP contribution in [-0.2, 0) is 11.3 Å². The molecular formula is C8H12N2O2. The van der Waals surface area contributed by atoms with Crippen molar-refractivity contribution in [3.8, 4) is 5.75 Å². The molecule has 2 N–H and O–H groups in total. The van der Waals surface area contributed by atoms with Crippen LogP contribution in [0.3, 0.4) is 0 Å². The van der Waals surface area contributed by atoms with Crippen LogP contribution >= 0.6 is 0 Å². The highest BCUT2D eigenvalue weighted by Crippen LogP contribution is 2.07. The summed E-state index contributed by atoms with van der Waals surface area (Å²) in [6.07, 6.45) is 2.40. The minimum absolute atomic E-state index is 0.485. The Bertz CT molecular complexity index is 223. The van der Waals surface area contributed by atoms with Crippen LogP contribution in [0.25, 0.3) is 0 Å². The van der Waals surface area contributed by atoms with Crippen molar-refractivity contribution in [1.82, 2.24) is 4.98 Å². The number of hydrogen-bond donors (Lipinski definition) is 1. The molecule has 0 bridgehead atoms. The van der Waals surface area contributed by atoms with Gasteiger partial charge in [0.05, 0.1) is 19.9 Å². The monoisotopic (exact) mass is 168 g/mol. The van der Waals surface area contributed by atoms with E-state index in [4.69, 9.17) is 10.6 Å². The van der Waals surface area contributed by atoms with E-state index in [1.165, 1.54) is 0 Å². The summed E-state index contributed by atoms with van der Waals surface area (Å²) in [6, 6.07) is 3.75. The van der Waals surface area contributed by atoms with E-state index in [1.54, 1.807) is 13.3 Å². The van der Waals surface area contributed by atoms with Crippen LogP contribution in [0.2, 0.25) is 0 Å². The van der Waals surface area contributed by atoms with E-state index >= 15 is 0 Å². The van der Waals surface area contributed by atoms with Crippen LogP contribution in [-0.4, -0.2) is 18.7 Å². The molecule has 1 rings (SSSR count). The molecule has 0 aliphatic heterocycles. The summed E-state index contributed by atoms with van der Waals surface area (Å²) in [5, 5.41) is 0. The number of ether oxygens (including phenoxy) is 1. The third-order valence-electron chi connectivity index (χ3n) is 1.51. The summed E-state index contributed by atoms with van der Waals surface area (Å²) in [6.45, 7) is 0.485. The molecule has 0 radical (unpaired) electrons. The number of hydrogen-bond acceptors (Lipinski definition) is 4. The maximum absolute atomic E-state index is 4.96. The lowest BCUT2D eigenvalue weighted by atomic mass is 10.3. The van der Waals surface area contributed by atoms with Crippen molar-refractivity contribution in [1.29, 1.82) is 0 Å². The van der Waals surface area contributed by atoms with Gasteiger partial charge in [-0.05, 0) is 12.1 Å². The smallest absolute Gasteiger partial charge is 0.137 e. The molecule has 0 aromatic carbocycles. The standard InChI is InChI=1S/C8H12N2O2/c1-11-8-3-2-7(10-6-8)4-5-12-9/h2-3,6H,4-5,9H2,1H3. The maximum atomic E-state index is 4.96. The predicted octanol–water partition coefficient (Wildman–Crippen LogP) is 0.523. The van der Waals surface area contributed by atoms with Gasteiger partial charge in [-0.15, -0.1) is 0 Å². The third-order valence-corrected chi connectivity index (χ3v) is 1.51. The average Bonchev–Trinajstić information content (AvgIpc) is 2.15. The van der Waals surface area contributed by atoms with Crippen molar-refractivity contribution >= 4 is 0 Å². The molecule has 0 fully saturated rings. The summed E-state index contributed by atoms with van der Waals surface area (Å²) in [7, 11) is 1.61. The van der Waals surface area contributed by atoms with Gasteiger partial charge in [0.2, 0.25) is 0 Å². The van der Waals surface area contributed by atoms with Gasteiger partial charge in [-0.2, -0.15) is 0 Å². The summed E-state index contributed by atoms with van der Waals surface area (Å²) in [4.78, 5) is 8.56. The van der Waals surface area contributed by atoms with Crippen LogP contribution in [0.15, 0.2) is 18.3 Å². The number of rotatable bonds is 4. The predicted molar refractivity (Wildman–Crippen MR) is 44.6 cm³/mol. The Labute approximate surface area is 71.3 Å². The van der Waals surface area contributed by atoms with Gasteiger partial charge in [0.1, 0.15) is 5.75 Å². The third kappa shape index (κ3) is 2.48. The van der Waals surface area contributed by atoms with Gasteiger partial charge in [-0.3, -0.25) is 4.98 Å². The van der Waals surface area contributed by atoms with Gasteiger partial charge in [0, 0.05) is 12.1 Å². The molecular weight excluding hydrogens is 156 g/mol. The van der Waals surface area contributed by atoms with Gasteiger partial charge >= 0.3 is 0 Å². The Balaban J connectivity index is 2.53. The molecule has 4 nitrogen and oxygen atoms in total. The second-order valence-electron chi connectivity index (χ2n) is 2.31. The molecule has 0 unspecified atom stereocenters. The number of nitrogens with two attached hydrogens (primary N) is 1. The minimum atomic E-state index is 0.485. The Hall–Kier alpha value is -1.13. The normalized spacial score (nSPS) is 9.83. The van der Waals surface area contributed by atoms with E-state index in [-0.39, 0.29) is 0 Å². The SMILES string of the molecule is COc1ccc(CCON)nc1. The fourth-order valence-electron chi connectivity index (χ4n) is 0.843. The first kappa shape index (κ1) is 8.96. The zero-order chi connectivity index (χ0) is 8.81. The van der Waals surface area contributed by atoms with Crippen molar-refractivity contribution < 1.29 is 9.57 Å². The fraction of sp³-hybridized carbons (Fsp3) is 0.375. The van der Waals surface area contributed by atoms with E-state index in [0.717, 1.165) is 17.9 Å². The number of methoxy groups -OCH3 is 1. The van der Waals surface area contributed by atoms with Crippen LogP contribution in [0.4, 0.5) is 0 Å². The van der Waals surface area contributed by atoms with Crippen molar-refractivity contribution in [3.05, 3.63) is 24.0 Å². The lowest BCUT2D eigenvalue weighted by Gasteiger charge is -2.00. The summed E-state index contributed by atoms with van der Waals surface area (Å²) >= 11 is 0. The Morgan fingerprint density at radius 3 is 2.83 bits per heavy atom. The summed E-state index contributed by atoms with van der Waals surface area (Å²) in [5.41, 5.74) is 0.946. The fourth-order valence-corrected chi connectivity index (χ4v) is 0.843. The van der Waals surface area contributed by atoms with Gasteiger partial charge in [-0.1, -0.05) is 0 Å². The molecule has 0 spiro atoms. The molecule has 12 heavy (non-hydrogen) atoms. The van der Waals surface area contributed by atoms with Crippen LogP contribution < -0.4 is 10.6 Å². The van der Waals surface area contributed by atoms with Crippen molar-refractivity contribution in [2.45, 2.75) is 6.42 Å². The Morgan fingerprint density at radius 2 is 2.33 bits per heavy atom. The van der Waals surface area contributed by atoms with Crippen molar-refractivity contribution in [2.75, 3.05) is 13.7 Å². The molecule has 0 aliphatic carbocycles. The van der Waals surface area contributed by atoms with Gasteiger partial charge in [0.25, 0.3) is 0 Å². The molecule has 0 saturated heterocycles. The summed E-state index contributed by atoms with van der Waals surface area (Å²) in [5.74, 6) is 5.64. The maximum Gasteiger partial charge on any atom is 0.137 e. The lowest BCUT2D eigenvalue weighted by molar-refractivity contribution is 0.140. The second-order valence-corrected chi connectivity index (χ2v) is 2.31. The quantitative estimate of drug-likeness (QED) is 0.666. The highest BCUT2D eigenvalue weighted by atomic mass is 16.6. The zero-order valence-electron chi connectivity index (χ0n) is 6.99. The Kier molecular flexibility index (Phi) is 3.50. The first-order valence-electron chi connectivity index (χ1n) is 3.67. The van der Waals surface area contributed by atoms with Gasteiger partial charge in [-0.25, -0.2) is 5.90 Å². The Morgan fingerprint density at radius 1 is 1.50 bits per heavy atom. The average molecular weight is 168 g/mol. The zero-order valence-corrected chi connectivity index (χ0v) is 6.99. The van der Waals surface area contributed by atoms with E-state index in [9.17, 15) is 0 Å². The minimum Gasteiger partial charge on any atom is -0.495 e. The first-order chi connectivity index (χ1) is 5.86. The topological polar surface area (TPSA) is 57.4 Å². The van der Waals surface area contributed by atoms with Crippen LogP contribution in [0, 0.1) is 0 Å². The number of nitrogens with zero attached hydrogens (tertiary/aromatic N) is 1. The number of aromatic nitrogens is 1. The van der Waals surface area contributed by atoms with Gasteiger partial charge < -0.3 is 9.57 Å². The molecule has 0 amide bonds. The van der Waals surface area contributed by atoms with E-state index < -0.39 is 0 Å². The largest absolute Gasteiger partial charge is 0.495 e. The summed E-state index contributed by atoms with van der Waals surface area (Å²) < 4.78 is 4.96. The lowest BCUT2D eigenvalue weighted by Crippen LogP contribution is -2.04. The molecule has 0 atom stereocenters. The molecule has 1 aromatic heterocycles.